The van der Waals surface area contributed by atoms with Gasteiger partial charge in [0, 0.05) is 11.9 Å². The highest BCUT2D eigenvalue weighted by atomic mass is 16.4. The largest absolute Gasteiger partial charge is 0.479 e. The van der Waals surface area contributed by atoms with Gasteiger partial charge in [-0.3, -0.25) is 4.98 Å². The van der Waals surface area contributed by atoms with Crippen LogP contribution >= 0.6 is 0 Å². The molecule has 2 aromatic heterocycles. The maximum Gasteiger partial charge on any atom is 0.335 e. The molecule has 5 heteroatoms. The van der Waals surface area contributed by atoms with Crippen LogP contribution in [0.2, 0.25) is 0 Å². The third kappa shape index (κ3) is 1.68. The Hall–Kier alpha value is -2.17. The topological polar surface area (TPSA) is 68.0 Å². The van der Waals surface area contributed by atoms with Crippen molar-refractivity contribution >= 4 is 5.97 Å². The monoisotopic (exact) mass is 245 g/mol. The predicted octanol–water partition coefficient (Wildman–Crippen LogP) is 1.74. The zero-order valence-electron chi connectivity index (χ0n) is 10.6. The van der Waals surface area contributed by atoms with Crippen molar-refractivity contribution in [2.75, 3.05) is 0 Å². The molecule has 94 valence electrons. The summed E-state index contributed by atoms with van der Waals surface area (Å²) in [7, 11) is 0. The number of aromatic nitrogens is 3. The number of hydrogen-bond acceptors (Lipinski definition) is 3. The van der Waals surface area contributed by atoms with Gasteiger partial charge in [-0.1, -0.05) is 6.07 Å². The van der Waals surface area contributed by atoms with Gasteiger partial charge in [-0.15, -0.1) is 0 Å². The van der Waals surface area contributed by atoms with Crippen LogP contribution in [0.25, 0.3) is 0 Å². The highest BCUT2D eigenvalue weighted by molar-refractivity contribution is 5.80. The number of carboxylic acids is 1. The van der Waals surface area contributed by atoms with Crippen LogP contribution in [-0.4, -0.2) is 25.6 Å². The van der Waals surface area contributed by atoms with Crippen LogP contribution in [0.15, 0.2) is 30.7 Å². The Morgan fingerprint density at radius 2 is 2.06 bits per heavy atom. The third-order valence-corrected chi connectivity index (χ3v) is 3.31. The standard InChI is InChI=1S/C13H15N3O2/c1-9-10(2)16(8-15-9)13(3,12(17)18)11-6-4-5-7-14-11/h4-8H,1-3H3,(H,17,18). The summed E-state index contributed by atoms with van der Waals surface area (Å²) in [5.41, 5.74) is 0.883. The quantitative estimate of drug-likeness (QED) is 0.894. The average molecular weight is 245 g/mol. The van der Waals surface area contributed by atoms with Gasteiger partial charge in [0.15, 0.2) is 5.54 Å². The Morgan fingerprint density at radius 3 is 2.50 bits per heavy atom. The lowest BCUT2D eigenvalue weighted by Crippen LogP contribution is -2.41. The number of nitrogens with zero attached hydrogens (tertiary/aromatic N) is 3. The number of pyridine rings is 1. The molecule has 0 fully saturated rings. The Balaban J connectivity index is 2.66. The minimum atomic E-state index is -1.24. The minimum Gasteiger partial charge on any atom is -0.479 e. The van der Waals surface area contributed by atoms with Gasteiger partial charge in [0.25, 0.3) is 0 Å². The molecule has 0 aromatic carbocycles. The normalized spacial score (nSPS) is 14.2. The zero-order chi connectivity index (χ0) is 13.3. The molecule has 2 heterocycles. The number of hydrogen-bond donors (Lipinski definition) is 1. The van der Waals surface area contributed by atoms with Gasteiger partial charge in [0.1, 0.15) is 0 Å². The van der Waals surface area contributed by atoms with Gasteiger partial charge >= 0.3 is 5.97 Å². The van der Waals surface area contributed by atoms with E-state index in [1.54, 1.807) is 42.2 Å². The first-order valence-corrected chi connectivity index (χ1v) is 5.64. The Kier molecular flexibility index (Phi) is 2.90. The molecule has 2 rings (SSSR count). The van der Waals surface area contributed by atoms with Crippen molar-refractivity contribution < 1.29 is 9.90 Å². The fourth-order valence-corrected chi connectivity index (χ4v) is 1.94. The van der Waals surface area contributed by atoms with Gasteiger partial charge in [0.2, 0.25) is 0 Å². The SMILES string of the molecule is Cc1ncn(C(C)(C(=O)O)c2ccccn2)c1C. The predicted molar refractivity (Wildman–Crippen MR) is 66.3 cm³/mol. The summed E-state index contributed by atoms with van der Waals surface area (Å²) in [6.45, 7) is 5.34. The van der Waals surface area contributed by atoms with Crippen LogP contribution in [0, 0.1) is 13.8 Å². The van der Waals surface area contributed by atoms with Crippen LogP contribution < -0.4 is 0 Å². The molecule has 0 amide bonds. The van der Waals surface area contributed by atoms with Crippen molar-refractivity contribution in [3.63, 3.8) is 0 Å². The minimum absolute atomic E-state index is 0.484. The van der Waals surface area contributed by atoms with Crippen LogP contribution in [0.5, 0.6) is 0 Å². The van der Waals surface area contributed by atoms with E-state index in [0.717, 1.165) is 11.4 Å². The van der Waals surface area contributed by atoms with Gasteiger partial charge in [-0.25, -0.2) is 9.78 Å². The fourth-order valence-electron chi connectivity index (χ4n) is 1.94. The summed E-state index contributed by atoms with van der Waals surface area (Å²) < 4.78 is 1.65. The van der Waals surface area contributed by atoms with Crippen molar-refractivity contribution in [3.8, 4) is 0 Å². The van der Waals surface area contributed by atoms with Gasteiger partial charge in [-0.2, -0.15) is 0 Å². The molecule has 1 unspecified atom stereocenters. The number of carbonyl (C=O) groups is 1. The summed E-state index contributed by atoms with van der Waals surface area (Å²) in [5, 5.41) is 9.58. The molecule has 0 saturated carbocycles. The molecule has 0 aliphatic rings. The van der Waals surface area contributed by atoms with E-state index >= 15 is 0 Å². The van der Waals surface area contributed by atoms with Crippen LogP contribution in [0.1, 0.15) is 24.0 Å². The second-order valence-electron chi connectivity index (χ2n) is 4.38. The Bertz CT molecular complexity index is 577. The van der Waals surface area contributed by atoms with Crippen molar-refractivity contribution in [2.24, 2.45) is 0 Å². The van der Waals surface area contributed by atoms with E-state index < -0.39 is 11.5 Å². The second kappa shape index (κ2) is 4.25. The fraction of sp³-hybridized carbons (Fsp3) is 0.308. The van der Waals surface area contributed by atoms with Crippen LogP contribution in [0.3, 0.4) is 0 Å². The number of rotatable bonds is 3. The summed E-state index contributed by atoms with van der Waals surface area (Å²) in [4.78, 5) is 20.0. The zero-order valence-corrected chi connectivity index (χ0v) is 10.6. The lowest BCUT2D eigenvalue weighted by molar-refractivity contribution is -0.144. The van der Waals surface area contributed by atoms with E-state index in [2.05, 4.69) is 9.97 Å². The Morgan fingerprint density at radius 1 is 1.33 bits per heavy atom. The molecule has 0 aliphatic heterocycles. The highest BCUT2D eigenvalue weighted by Crippen LogP contribution is 2.27. The molecular weight excluding hydrogens is 230 g/mol. The number of aliphatic carboxylic acids is 1. The van der Waals surface area contributed by atoms with Crippen LogP contribution in [0.4, 0.5) is 0 Å². The summed E-state index contributed by atoms with van der Waals surface area (Å²) in [6, 6.07) is 5.25. The summed E-state index contributed by atoms with van der Waals surface area (Å²) >= 11 is 0. The van der Waals surface area contributed by atoms with E-state index in [1.807, 2.05) is 13.8 Å². The number of aryl methyl sites for hydroxylation is 1. The van der Waals surface area contributed by atoms with Gasteiger partial charge in [-0.05, 0) is 32.9 Å². The lowest BCUT2D eigenvalue weighted by atomic mass is 9.96. The van der Waals surface area contributed by atoms with Crippen molar-refractivity contribution in [2.45, 2.75) is 26.3 Å². The second-order valence-corrected chi connectivity index (χ2v) is 4.38. The molecular formula is C13H15N3O2. The molecule has 0 spiro atoms. The first-order chi connectivity index (χ1) is 8.48. The van der Waals surface area contributed by atoms with E-state index in [9.17, 15) is 9.90 Å². The molecule has 18 heavy (non-hydrogen) atoms. The number of imidazole rings is 1. The summed E-state index contributed by atoms with van der Waals surface area (Å²) in [5.74, 6) is -0.957. The third-order valence-electron chi connectivity index (χ3n) is 3.31. The smallest absolute Gasteiger partial charge is 0.335 e. The van der Waals surface area contributed by atoms with E-state index in [0.29, 0.717) is 5.69 Å². The maximum atomic E-state index is 11.7. The van der Waals surface area contributed by atoms with Crippen molar-refractivity contribution in [1.29, 1.82) is 0 Å². The van der Waals surface area contributed by atoms with E-state index in [4.69, 9.17) is 0 Å². The number of carboxylic acid groups (broad SMARTS) is 1. The Labute approximate surface area is 105 Å². The van der Waals surface area contributed by atoms with Crippen molar-refractivity contribution in [3.05, 3.63) is 47.8 Å². The molecule has 0 saturated heterocycles. The molecule has 1 N–H and O–H groups in total. The van der Waals surface area contributed by atoms with Crippen LogP contribution in [-0.2, 0) is 10.3 Å². The molecule has 5 nitrogen and oxygen atoms in total. The van der Waals surface area contributed by atoms with Gasteiger partial charge < -0.3 is 9.67 Å². The lowest BCUT2D eigenvalue weighted by Gasteiger charge is -2.27. The molecule has 2 aromatic rings. The maximum absolute atomic E-state index is 11.7. The van der Waals surface area contributed by atoms with E-state index in [1.165, 1.54) is 0 Å². The highest BCUT2D eigenvalue weighted by Gasteiger charge is 2.39. The summed E-state index contributed by atoms with van der Waals surface area (Å²) in [6.07, 6.45) is 3.14. The van der Waals surface area contributed by atoms with Crippen molar-refractivity contribution in [1.82, 2.24) is 14.5 Å². The molecule has 1 atom stereocenters. The first-order valence-electron chi connectivity index (χ1n) is 5.64. The average Bonchev–Trinajstić information content (AvgIpc) is 2.70. The van der Waals surface area contributed by atoms with Gasteiger partial charge in [0.05, 0.1) is 17.7 Å². The van der Waals surface area contributed by atoms with E-state index in [-0.39, 0.29) is 0 Å². The molecule has 0 radical (unpaired) electrons. The molecule has 0 aliphatic carbocycles. The first kappa shape index (κ1) is 12.3. The molecule has 0 bridgehead atoms.